The number of likely N-dealkylation sites (N-methyl/N-ethyl adjacent to an activating group) is 1. The Hall–Kier alpha value is -2.06. The number of amides is 3. The summed E-state index contributed by atoms with van der Waals surface area (Å²) in [7, 11) is 1.84. The quantitative estimate of drug-likeness (QED) is 0.657. The lowest BCUT2D eigenvalue weighted by Crippen LogP contribution is -3.11. The molecular weight excluding hydrogens is 352 g/mol. The first-order valence-corrected chi connectivity index (χ1v) is 9.90. The van der Waals surface area contributed by atoms with Gasteiger partial charge in [0.25, 0.3) is 11.8 Å². The number of nitrogens with one attached hydrogen (secondary N) is 2. The van der Waals surface area contributed by atoms with Gasteiger partial charge in [-0.2, -0.15) is 0 Å². The van der Waals surface area contributed by atoms with Crippen LogP contribution in [-0.2, 0) is 14.4 Å². The fraction of sp³-hybridized carbons (Fsp3) is 0.500. The van der Waals surface area contributed by atoms with Crippen LogP contribution in [0.1, 0.15) is 6.92 Å². The predicted molar refractivity (Wildman–Crippen MR) is 102 cm³/mol. The van der Waals surface area contributed by atoms with Gasteiger partial charge in [-0.05, 0) is 18.4 Å². The second kappa shape index (κ2) is 9.59. The van der Waals surface area contributed by atoms with E-state index in [1.807, 2.05) is 37.6 Å². The van der Waals surface area contributed by atoms with Gasteiger partial charge in [-0.15, -0.1) is 11.8 Å². The number of benzene rings is 1. The van der Waals surface area contributed by atoms with E-state index in [2.05, 4.69) is 5.32 Å². The molecular formula is C18H27N4O3S+. The number of anilines is 1. The molecule has 0 saturated carbocycles. The molecule has 1 aromatic rings. The lowest BCUT2D eigenvalue weighted by molar-refractivity contribution is -0.862. The first-order chi connectivity index (χ1) is 12.4. The molecule has 1 fully saturated rings. The summed E-state index contributed by atoms with van der Waals surface area (Å²) in [5, 5.41) is 2.91. The van der Waals surface area contributed by atoms with Crippen LogP contribution < -0.4 is 10.2 Å². The molecule has 1 aliphatic heterocycles. The summed E-state index contributed by atoms with van der Waals surface area (Å²) in [6, 6.07) is 7.65. The Bertz CT molecular complexity index is 660. The largest absolute Gasteiger partial charge is 0.339 e. The molecule has 2 N–H and O–H groups in total. The molecule has 2 rings (SSSR count). The van der Waals surface area contributed by atoms with Gasteiger partial charge in [0.05, 0.1) is 12.7 Å². The predicted octanol–water partition coefficient (Wildman–Crippen LogP) is -0.448. The number of rotatable bonds is 6. The Morgan fingerprint density at radius 1 is 1.08 bits per heavy atom. The zero-order chi connectivity index (χ0) is 19.1. The first kappa shape index (κ1) is 20.3. The Balaban J connectivity index is 1.79. The van der Waals surface area contributed by atoms with E-state index in [4.69, 9.17) is 0 Å². The molecule has 3 amide bonds. The molecule has 1 unspecified atom stereocenters. The molecule has 0 spiro atoms. The summed E-state index contributed by atoms with van der Waals surface area (Å²) < 4.78 is 0. The zero-order valence-corrected chi connectivity index (χ0v) is 16.4. The van der Waals surface area contributed by atoms with Crippen LogP contribution in [0.2, 0.25) is 0 Å². The van der Waals surface area contributed by atoms with E-state index >= 15 is 0 Å². The van der Waals surface area contributed by atoms with E-state index < -0.39 is 0 Å². The highest BCUT2D eigenvalue weighted by Gasteiger charge is 2.25. The number of piperazine rings is 1. The minimum atomic E-state index is -0.113. The molecule has 1 atom stereocenters. The van der Waals surface area contributed by atoms with Crippen molar-refractivity contribution in [1.82, 2.24) is 9.80 Å². The van der Waals surface area contributed by atoms with Crippen molar-refractivity contribution >= 4 is 35.2 Å². The van der Waals surface area contributed by atoms with Crippen LogP contribution in [0.5, 0.6) is 0 Å². The lowest BCUT2D eigenvalue weighted by Gasteiger charge is -2.34. The Labute approximate surface area is 158 Å². The highest BCUT2D eigenvalue weighted by Crippen LogP contribution is 2.24. The standard InChI is InChI=1S/C18H26N4O3S/c1-14(23)21-8-10-22(11-9-21)18(25)13-20(2)12-17(24)19-15-6-4-5-7-16(15)26-3/h4-7H,8-13H2,1-3H3,(H,19,24)/p+1. The van der Waals surface area contributed by atoms with Gasteiger partial charge in [0.15, 0.2) is 13.1 Å². The molecule has 0 bridgehead atoms. The molecule has 1 aromatic carbocycles. The smallest absolute Gasteiger partial charge is 0.279 e. The molecule has 142 valence electrons. The van der Waals surface area contributed by atoms with Crippen LogP contribution >= 0.6 is 11.8 Å². The van der Waals surface area contributed by atoms with Crippen LogP contribution in [0, 0.1) is 0 Å². The summed E-state index contributed by atoms with van der Waals surface area (Å²) in [4.78, 5) is 41.4. The van der Waals surface area contributed by atoms with E-state index in [1.54, 1.807) is 28.5 Å². The summed E-state index contributed by atoms with van der Waals surface area (Å²) in [5.74, 6) is -0.0525. The van der Waals surface area contributed by atoms with Gasteiger partial charge in [-0.3, -0.25) is 14.4 Å². The normalized spacial score (nSPS) is 15.5. The van der Waals surface area contributed by atoms with E-state index in [9.17, 15) is 14.4 Å². The van der Waals surface area contributed by atoms with Crippen LogP contribution in [0.15, 0.2) is 29.2 Å². The molecule has 0 aliphatic carbocycles. The van der Waals surface area contributed by atoms with Crippen LogP contribution in [0.25, 0.3) is 0 Å². The van der Waals surface area contributed by atoms with Gasteiger partial charge in [-0.1, -0.05) is 12.1 Å². The Morgan fingerprint density at radius 2 is 1.69 bits per heavy atom. The number of hydrogen-bond acceptors (Lipinski definition) is 4. The maximum absolute atomic E-state index is 12.4. The zero-order valence-electron chi connectivity index (χ0n) is 15.6. The number of quaternary nitrogens is 1. The van der Waals surface area contributed by atoms with Gasteiger partial charge < -0.3 is 20.0 Å². The number of hydrogen-bond donors (Lipinski definition) is 2. The van der Waals surface area contributed by atoms with E-state index in [0.29, 0.717) is 26.2 Å². The Morgan fingerprint density at radius 3 is 2.31 bits per heavy atom. The number of nitrogens with zero attached hydrogens (tertiary/aromatic N) is 2. The second-order valence-electron chi connectivity index (χ2n) is 6.45. The van der Waals surface area contributed by atoms with Crippen molar-refractivity contribution in [3.05, 3.63) is 24.3 Å². The van der Waals surface area contributed by atoms with Crippen molar-refractivity contribution in [3.8, 4) is 0 Å². The third-order valence-electron chi connectivity index (χ3n) is 4.37. The number of thioether (sulfide) groups is 1. The number of carbonyl (C=O) groups is 3. The molecule has 1 heterocycles. The maximum Gasteiger partial charge on any atom is 0.279 e. The van der Waals surface area contributed by atoms with Gasteiger partial charge in [-0.25, -0.2) is 0 Å². The van der Waals surface area contributed by atoms with Gasteiger partial charge >= 0.3 is 0 Å². The topological polar surface area (TPSA) is 74.2 Å². The summed E-state index contributed by atoms with van der Waals surface area (Å²) in [6.07, 6.45) is 1.97. The Kier molecular flexibility index (Phi) is 7.47. The van der Waals surface area contributed by atoms with Gasteiger partial charge in [0, 0.05) is 38.0 Å². The monoisotopic (exact) mass is 379 g/mol. The highest BCUT2D eigenvalue weighted by molar-refractivity contribution is 7.98. The maximum atomic E-state index is 12.4. The summed E-state index contributed by atoms with van der Waals surface area (Å²) >= 11 is 1.58. The van der Waals surface area contributed by atoms with Crippen molar-refractivity contribution in [2.45, 2.75) is 11.8 Å². The molecule has 1 saturated heterocycles. The number of para-hydroxylation sites is 1. The average Bonchev–Trinajstić information content (AvgIpc) is 2.61. The third kappa shape index (κ3) is 5.74. The fourth-order valence-electron chi connectivity index (χ4n) is 2.92. The second-order valence-corrected chi connectivity index (χ2v) is 7.29. The first-order valence-electron chi connectivity index (χ1n) is 8.68. The van der Waals surface area contributed by atoms with Crippen molar-refractivity contribution in [2.24, 2.45) is 0 Å². The van der Waals surface area contributed by atoms with Crippen LogP contribution in [0.4, 0.5) is 5.69 Å². The molecule has 1 aliphatic rings. The van der Waals surface area contributed by atoms with Crippen LogP contribution in [-0.4, -0.2) is 80.1 Å². The van der Waals surface area contributed by atoms with E-state index in [-0.39, 0.29) is 30.8 Å². The van der Waals surface area contributed by atoms with Crippen LogP contribution in [0.3, 0.4) is 0 Å². The molecule has 8 heteroatoms. The van der Waals surface area contributed by atoms with Crippen molar-refractivity contribution < 1.29 is 19.3 Å². The summed E-state index contributed by atoms with van der Waals surface area (Å²) in [6.45, 7) is 4.29. The van der Waals surface area contributed by atoms with Crippen molar-refractivity contribution in [2.75, 3.05) is 57.9 Å². The van der Waals surface area contributed by atoms with Crippen molar-refractivity contribution in [1.29, 1.82) is 0 Å². The molecule has 0 aromatic heterocycles. The van der Waals surface area contributed by atoms with E-state index in [1.165, 1.54) is 0 Å². The number of carbonyl (C=O) groups excluding carboxylic acids is 3. The SMILES string of the molecule is CSc1ccccc1NC(=O)C[NH+](C)CC(=O)N1CCN(C(C)=O)CC1. The fourth-order valence-corrected chi connectivity index (χ4v) is 3.47. The van der Waals surface area contributed by atoms with Crippen molar-refractivity contribution in [3.63, 3.8) is 0 Å². The lowest BCUT2D eigenvalue weighted by atomic mass is 10.3. The van der Waals surface area contributed by atoms with Gasteiger partial charge in [0.1, 0.15) is 0 Å². The van der Waals surface area contributed by atoms with E-state index in [0.717, 1.165) is 15.5 Å². The molecule has 0 radical (unpaired) electrons. The minimum Gasteiger partial charge on any atom is -0.339 e. The van der Waals surface area contributed by atoms with Gasteiger partial charge in [0.2, 0.25) is 5.91 Å². The average molecular weight is 380 g/mol. The highest BCUT2D eigenvalue weighted by atomic mass is 32.2. The summed E-state index contributed by atoms with van der Waals surface area (Å²) in [5.41, 5.74) is 0.796. The molecule has 26 heavy (non-hydrogen) atoms. The molecule has 7 nitrogen and oxygen atoms in total. The minimum absolute atomic E-state index is 0.0167. The third-order valence-corrected chi connectivity index (χ3v) is 5.17.